The summed E-state index contributed by atoms with van der Waals surface area (Å²) in [6.45, 7) is 3.56. The molecular formula is C10H13FN2. The monoisotopic (exact) mass is 180 g/mol. The van der Waals surface area contributed by atoms with Gasteiger partial charge in [0.05, 0.1) is 5.69 Å². The molecule has 4 N–H and O–H groups in total. The molecule has 0 amide bonds. The summed E-state index contributed by atoms with van der Waals surface area (Å²) in [5.74, 6) is -0.419. The maximum absolute atomic E-state index is 13.0. The molecule has 0 spiro atoms. The predicted molar refractivity (Wildman–Crippen MR) is 52.6 cm³/mol. The molecule has 3 heteroatoms. The van der Waals surface area contributed by atoms with Gasteiger partial charge in [-0.3, -0.25) is 0 Å². The van der Waals surface area contributed by atoms with E-state index < -0.39 is 5.82 Å². The molecule has 0 bridgehead atoms. The van der Waals surface area contributed by atoms with Crippen molar-refractivity contribution in [1.82, 2.24) is 0 Å². The first-order chi connectivity index (χ1) is 6.16. The van der Waals surface area contributed by atoms with Crippen molar-refractivity contribution in [3.8, 4) is 0 Å². The lowest BCUT2D eigenvalue weighted by atomic mass is 10.0. The molecule has 13 heavy (non-hydrogen) atoms. The largest absolute Gasteiger partial charge is 0.396 e. The molecule has 1 rings (SSSR count). The van der Waals surface area contributed by atoms with E-state index in [0.29, 0.717) is 12.0 Å². The average Bonchev–Trinajstić information content (AvgIpc) is 2.10. The van der Waals surface area contributed by atoms with E-state index in [4.69, 9.17) is 11.5 Å². The second-order valence-corrected chi connectivity index (χ2v) is 2.87. The van der Waals surface area contributed by atoms with Gasteiger partial charge in [0.15, 0.2) is 0 Å². The molecule has 70 valence electrons. The Balaban J connectivity index is 3.00. The Morgan fingerprint density at radius 2 is 2.23 bits per heavy atom. The van der Waals surface area contributed by atoms with Gasteiger partial charge in [0.2, 0.25) is 0 Å². The Hall–Kier alpha value is -1.35. The lowest BCUT2D eigenvalue weighted by Gasteiger charge is -2.12. The van der Waals surface area contributed by atoms with Crippen molar-refractivity contribution in [2.45, 2.75) is 12.5 Å². The minimum Gasteiger partial charge on any atom is -0.396 e. The SMILES string of the molecule is C=CC[C@@H](N)c1cccc(F)c1N. The number of rotatable bonds is 3. The molecule has 0 fully saturated rings. The molecule has 0 aliphatic heterocycles. The highest BCUT2D eigenvalue weighted by Gasteiger charge is 2.10. The van der Waals surface area contributed by atoms with E-state index >= 15 is 0 Å². The lowest BCUT2D eigenvalue weighted by molar-refractivity contribution is 0.625. The molecule has 0 heterocycles. The maximum atomic E-state index is 13.0. The minimum atomic E-state index is -0.419. The number of hydrogen-bond acceptors (Lipinski definition) is 2. The van der Waals surface area contributed by atoms with Gasteiger partial charge in [-0.15, -0.1) is 6.58 Å². The van der Waals surface area contributed by atoms with E-state index in [1.807, 2.05) is 0 Å². The van der Waals surface area contributed by atoms with Crippen LogP contribution >= 0.6 is 0 Å². The van der Waals surface area contributed by atoms with Gasteiger partial charge in [0.1, 0.15) is 5.82 Å². The van der Waals surface area contributed by atoms with E-state index in [2.05, 4.69) is 6.58 Å². The standard InChI is InChI=1S/C10H13FN2/c1-2-4-9(12)7-5-3-6-8(11)10(7)13/h2-3,5-6,9H,1,4,12-13H2/t9-/m1/s1. The first-order valence-corrected chi connectivity index (χ1v) is 4.07. The Labute approximate surface area is 77.0 Å². The van der Waals surface area contributed by atoms with Crippen LogP contribution < -0.4 is 11.5 Å². The second kappa shape index (κ2) is 4.05. The van der Waals surface area contributed by atoms with E-state index in [1.54, 1.807) is 18.2 Å². The van der Waals surface area contributed by atoms with Crippen LogP contribution in [0.4, 0.5) is 10.1 Å². The molecule has 0 unspecified atom stereocenters. The number of benzene rings is 1. The average molecular weight is 180 g/mol. The summed E-state index contributed by atoms with van der Waals surface area (Å²) >= 11 is 0. The molecule has 0 saturated carbocycles. The van der Waals surface area contributed by atoms with Crippen LogP contribution in [0.1, 0.15) is 18.0 Å². The van der Waals surface area contributed by atoms with Crippen molar-refractivity contribution in [3.63, 3.8) is 0 Å². The van der Waals surface area contributed by atoms with Gasteiger partial charge in [-0.1, -0.05) is 18.2 Å². The normalized spacial score (nSPS) is 12.5. The summed E-state index contributed by atoms with van der Waals surface area (Å²) in [4.78, 5) is 0. The molecule has 0 aliphatic carbocycles. The van der Waals surface area contributed by atoms with E-state index in [9.17, 15) is 4.39 Å². The van der Waals surface area contributed by atoms with Crippen molar-refractivity contribution in [2.75, 3.05) is 5.73 Å². The van der Waals surface area contributed by atoms with Crippen molar-refractivity contribution in [3.05, 3.63) is 42.2 Å². The van der Waals surface area contributed by atoms with Gasteiger partial charge in [-0.2, -0.15) is 0 Å². The molecule has 0 radical (unpaired) electrons. The quantitative estimate of drug-likeness (QED) is 0.552. The molecule has 0 aromatic heterocycles. The first-order valence-electron chi connectivity index (χ1n) is 4.07. The number of anilines is 1. The molecule has 0 saturated heterocycles. The zero-order chi connectivity index (χ0) is 9.84. The zero-order valence-electron chi connectivity index (χ0n) is 7.33. The first kappa shape index (κ1) is 9.74. The third-order valence-electron chi connectivity index (χ3n) is 1.91. The Bertz CT molecular complexity index is 310. The number of nitrogens with two attached hydrogens (primary N) is 2. The highest BCUT2D eigenvalue weighted by molar-refractivity contribution is 5.49. The summed E-state index contributed by atoms with van der Waals surface area (Å²) in [6.07, 6.45) is 2.28. The van der Waals surface area contributed by atoms with Gasteiger partial charge in [-0.05, 0) is 18.1 Å². The van der Waals surface area contributed by atoms with Gasteiger partial charge in [0, 0.05) is 6.04 Å². The van der Waals surface area contributed by atoms with E-state index in [0.717, 1.165) is 0 Å². The highest BCUT2D eigenvalue weighted by atomic mass is 19.1. The van der Waals surface area contributed by atoms with Crippen LogP contribution in [0.5, 0.6) is 0 Å². The van der Waals surface area contributed by atoms with Crippen molar-refractivity contribution >= 4 is 5.69 Å². The van der Waals surface area contributed by atoms with Gasteiger partial charge in [0.25, 0.3) is 0 Å². The van der Waals surface area contributed by atoms with E-state index in [1.165, 1.54) is 6.07 Å². The van der Waals surface area contributed by atoms with Crippen molar-refractivity contribution < 1.29 is 4.39 Å². The highest BCUT2D eigenvalue weighted by Crippen LogP contribution is 2.23. The minimum absolute atomic E-state index is 0.136. The molecular weight excluding hydrogens is 167 g/mol. The third-order valence-corrected chi connectivity index (χ3v) is 1.91. The third kappa shape index (κ3) is 2.06. The van der Waals surface area contributed by atoms with Crippen LogP contribution in [0.25, 0.3) is 0 Å². The molecule has 2 nitrogen and oxygen atoms in total. The molecule has 1 aromatic carbocycles. The van der Waals surface area contributed by atoms with Crippen LogP contribution in [0.2, 0.25) is 0 Å². The van der Waals surface area contributed by atoms with Crippen LogP contribution in [0.15, 0.2) is 30.9 Å². The zero-order valence-corrected chi connectivity index (χ0v) is 7.33. The summed E-state index contributed by atoms with van der Waals surface area (Å²) in [7, 11) is 0. The maximum Gasteiger partial charge on any atom is 0.146 e. The number of nitrogen functional groups attached to an aromatic ring is 1. The number of hydrogen-bond donors (Lipinski definition) is 2. The fourth-order valence-electron chi connectivity index (χ4n) is 1.18. The smallest absolute Gasteiger partial charge is 0.146 e. The van der Waals surface area contributed by atoms with Crippen LogP contribution in [0, 0.1) is 5.82 Å². The van der Waals surface area contributed by atoms with Gasteiger partial charge in [-0.25, -0.2) is 4.39 Å². The molecule has 0 aliphatic rings. The number of para-hydroxylation sites is 1. The number of halogens is 1. The van der Waals surface area contributed by atoms with Gasteiger partial charge >= 0.3 is 0 Å². The summed E-state index contributed by atoms with van der Waals surface area (Å²) in [5.41, 5.74) is 12.1. The summed E-state index contributed by atoms with van der Waals surface area (Å²) < 4.78 is 13.0. The van der Waals surface area contributed by atoms with Crippen LogP contribution in [-0.4, -0.2) is 0 Å². The fraction of sp³-hybridized carbons (Fsp3) is 0.200. The van der Waals surface area contributed by atoms with Gasteiger partial charge < -0.3 is 11.5 Å². The summed E-state index contributed by atoms with van der Waals surface area (Å²) in [5, 5.41) is 0. The molecule has 1 aromatic rings. The Morgan fingerprint density at radius 3 is 2.85 bits per heavy atom. The van der Waals surface area contributed by atoms with Crippen molar-refractivity contribution in [1.29, 1.82) is 0 Å². The van der Waals surface area contributed by atoms with Crippen LogP contribution in [0.3, 0.4) is 0 Å². The summed E-state index contributed by atoms with van der Waals surface area (Å²) in [6, 6.07) is 4.38. The fourth-order valence-corrected chi connectivity index (χ4v) is 1.18. The lowest BCUT2D eigenvalue weighted by Crippen LogP contribution is -2.12. The van der Waals surface area contributed by atoms with Crippen LogP contribution in [-0.2, 0) is 0 Å². The molecule has 1 atom stereocenters. The predicted octanol–water partition coefficient (Wildman–Crippen LogP) is 1.98. The Morgan fingerprint density at radius 1 is 1.54 bits per heavy atom. The second-order valence-electron chi connectivity index (χ2n) is 2.87. The van der Waals surface area contributed by atoms with Crippen molar-refractivity contribution in [2.24, 2.45) is 5.73 Å². The van der Waals surface area contributed by atoms with E-state index in [-0.39, 0.29) is 11.7 Å². The Kier molecular flexibility index (Phi) is 3.03. The topological polar surface area (TPSA) is 52.0 Å².